The summed E-state index contributed by atoms with van der Waals surface area (Å²) in [5.74, 6) is -0.166. The molecule has 2 aliphatic rings. The van der Waals surface area contributed by atoms with Crippen LogP contribution in [0.2, 0.25) is 0 Å². The predicted octanol–water partition coefficient (Wildman–Crippen LogP) is -2.04. The zero-order valence-electron chi connectivity index (χ0n) is 16.0. The fraction of sp³-hybridized carbons (Fsp3) is 0.875. The molecule has 0 radical (unpaired) electrons. The zero-order valence-corrected chi connectivity index (χ0v) is 16.9. The fourth-order valence-electron chi connectivity index (χ4n) is 3.49. The largest absolute Gasteiger partial charge is 0.383 e. The third-order valence-electron chi connectivity index (χ3n) is 5.03. The average molecular weight is 391 g/mol. The molecule has 2 atom stereocenters. The highest BCUT2D eigenvalue weighted by Gasteiger charge is 2.48. The minimum Gasteiger partial charge on any atom is -0.383 e. The Hall–Kier alpha value is -1.23. The van der Waals surface area contributed by atoms with Crippen LogP contribution in [-0.2, 0) is 24.2 Å². The molecule has 0 aromatic heterocycles. The molecule has 2 rings (SSSR count). The number of carbonyl (C=O) groups excluding carboxylic acids is 2. The lowest BCUT2D eigenvalue weighted by Gasteiger charge is -2.44. The van der Waals surface area contributed by atoms with Gasteiger partial charge in [0.1, 0.15) is 0 Å². The summed E-state index contributed by atoms with van der Waals surface area (Å²) in [6, 6.07) is -0.696. The number of carbonyl (C=O) groups is 2. The Morgan fingerprint density at radius 3 is 2.38 bits per heavy atom. The number of fused-ring (bicyclic) bond motifs is 1. The Bertz CT molecular complexity index is 624. The molecule has 2 heterocycles. The smallest absolute Gasteiger partial charge is 0.237 e. The Kier molecular flexibility index (Phi) is 7.00. The number of amides is 2. The molecule has 150 valence electrons. The molecule has 10 heteroatoms. The van der Waals surface area contributed by atoms with Gasteiger partial charge in [0.2, 0.25) is 11.8 Å². The van der Waals surface area contributed by atoms with Crippen molar-refractivity contribution in [3.63, 3.8) is 0 Å². The first-order valence-corrected chi connectivity index (χ1v) is 10.6. The minimum absolute atomic E-state index is 0.00166. The summed E-state index contributed by atoms with van der Waals surface area (Å²) in [4.78, 5) is 31.7. The standard InChI is InChI=1S/C16H30N4O5S/c1-17(2)15(21)10-19-5-6-20(14-12-26(23,24)11-13(14)19)16(22)9-18(3)7-8-25-4/h13-14H,5-12H2,1-4H3/t13-,14+/m1/s1. The molecule has 2 fully saturated rings. The topological polar surface area (TPSA) is 90.5 Å². The van der Waals surface area contributed by atoms with Crippen LogP contribution in [0.5, 0.6) is 0 Å². The Balaban J connectivity index is 2.07. The van der Waals surface area contributed by atoms with E-state index in [4.69, 9.17) is 4.74 Å². The number of rotatable bonds is 7. The van der Waals surface area contributed by atoms with Crippen molar-refractivity contribution >= 4 is 21.7 Å². The highest BCUT2D eigenvalue weighted by Crippen LogP contribution is 2.27. The molecular weight excluding hydrogens is 360 g/mol. The number of nitrogens with zero attached hydrogens (tertiary/aromatic N) is 4. The lowest BCUT2D eigenvalue weighted by Crippen LogP contribution is -2.62. The molecule has 26 heavy (non-hydrogen) atoms. The van der Waals surface area contributed by atoms with Crippen molar-refractivity contribution in [3.05, 3.63) is 0 Å². The number of likely N-dealkylation sites (N-methyl/N-ethyl adjacent to an activating group) is 2. The van der Waals surface area contributed by atoms with E-state index < -0.39 is 9.84 Å². The van der Waals surface area contributed by atoms with Gasteiger partial charge in [-0.05, 0) is 7.05 Å². The molecule has 0 bridgehead atoms. The van der Waals surface area contributed by atoms with Crippen LogP contribution in [-0.4, -0.2) is 131 Å². The molecular formula is C16H30N4O5S. The molecule has 0 saturated carbocycles. The van der Waals surface area contributed by atoms with Gasteiger partial charge in [-0.3, -0.25) is 19.4 Å². The van der Waals surface area contributed by atoms with Crippen molar-refractivity contribution in [3.8, 4) is 0 Å². The van der Waals surface area contributed by atoms with Crippen molar-refractivity contribution in [2.24, 2.45) is 0 Å². The summed E-state index contributed by atoms with van der Waals surface area (Å²) in [6.07, 6.45) is 0. The van der Waals surface area contributed by atoms with Crippen LogP contribution < -0.4 is 0 Å². The average Bonchev–Trinajstić information content (AvgIpc) is 2.88. The maximum absolute atomic E-state index is 12.7. The van der Waals surface area contributed by atoms with E-state index in [1.807, 2.05) is 16.8 Å². The first-order chi connectivity index (χ1) is 12.1. The summed E-state index contributed by atoms with van der Waals surface area (Å²) in [5.41, 5.74) is 0. The van der Waals surface area contributed by atoms with Crippen LogP contribution in [0.1, 0.15) is 0 Å². The number of ether oxygens (including phenoxy) is 1. The second-order valence-electron chi connectivity index (χ2n) is 7.29. The highest BCUT2D eigenvalue weighted by atomic mass is 32.2. The first kappa shape index (κ1) is 21.1. The van der Waals surface area contributed by atoms with Gasteiger partial charge in [-0.2, -0.15) is 0 Å². The van der Waals surface area contributed by atoms with Crippen molar-refractivity contribution in [2.75, 3.05) is 79.1 Å². The van der Waals surface area contributed by atoms with Gasteiger partial charge in [-0.25, -0.2) is 8.42 Å². The molecule has 0 N–H and O–H groups in total. The van der Waals surface area contributed by atoms with Crippen LogP contribution in [0.15, 0.2) is 0 Å². The van der Waals surface area contributed by atoms with E-state index in [9.17, 15) is 18.0 Å². The molecule has 2 saturated heterocycles. The van der Waals surface area contributed by atoms with Gasteiger partial charge < -0.3 is 14.5 Å². The fourth-order valence-corrected chi connectivity index (χ4v) is 5.51. The number of sulfone groups is 1. The normalized spacial score (nSPS) is 25.3. The van der Waals surface area contributed by atoms with E-state index >= 15 is 0 Å². The quantitative estimate of drug-likeness (QED) is 0.495. The number of hydrogen-bond donors (Lipinski definition) is 0. The Labute approximate surface area is 155 Å². The molecule has 0 aromatic rings. The van der Waals surface area contributed by atoms with Crippen LogP contribution in [0, 0.1) is 0 Å². The lowest BCUT2D eigenvalue weighted by molar-refractivity contribution is -0.139. The maximum Gasteiger partial charge on any atom is 0.237 e. The summed E-state index contributed by atoms with van der Waals surface area (Å²) < 4.78 is 29.4. The van der Waals surface area contributed by atoms with Gasteiger partial charge in [0.25, 0.3) is 0 Å². The van der Waals surface area contributed by atoms with Crippen LogP contribution in [0.4, 0.5) is 0 Å². The first-order valence-electron chi connectivity index (χ1n) is 8.76. The summed E-state index contributed by atoms with van der Waals surface area (Å²) >= 11 is 0. The van der Waals surface area contributed by atoms with Gasteiger partial charge >= 0.3 is 0 Å². The third kappa shape index (κ3) is 5.15. The van der Waals surface area contributed by atoms with E-state index in [1.54, 1.807) is 26.1 Å². The second kappa shape index (κ2) is 8.64. The number of hydrogen-bond acceptors (Lipinski definition) is 7. The van der Waals surface area contributed by atoms with E-state index in [-0.39, 0.29) is 48.5 Å². The summed E-state index contributed by atoms with van der Waals surface area (Å²) in [6.45, 7) is 2.51. The monoisotopic (exact) mass is 390 g/mol. The summed E-state index contributed by atoms with van der Waals surface area (Å²) in [7, 11) is 3.59. The molecule has 0 unspecified atom stereocenters. The van der Waals surface area contributed by atoms with Crippen LogP contribution in [0.3, 0.4) is 0 Å². The van der Waals surface area contributed by atoms with Gasteiger partial charge in [-0.15, -0.1) is 0 Å². The minimum atomic E-state index is -3.22. The zero-order chi connectivity index (χ0) is 19.5. The second-order valence-corrected chi connectivity index (χ2v) is 9.44. The van der Waals surface area contributed by atoms with Gasteiger partial charge in [-0.1, -0.05) is 0 Å². The van der Waals surface area contributed by atoms with Crippen molar-refractivity contribution < 1.29 is 22.7 Å². The molecule has 9 nitrogen and oxygen atoms in total. The van der Waals surface area contributed by atoms with Crippen molar-refractivity contribution in [1.29, 1.82) is 0 Å². The van der Waals surface area contributed by atoms with Gasteiger partial charge in [0.15, 0.2) is 9.84 Å². The van der Waals surface area contributed by atoms with Gasteiger partial charge in [0.05, 0.1) is 37.2 Å². The SMILES string of the molecule is COCCN(C)CC(=O)N1CCN(CC(=O)N(C)C)[C@@H]2CS(=O)(=O)C[C@@H]21. The maximum atomic E-state index is 12.7. The van der Waals surface area contributed by atoms with Crippen LogP contribution >= 0.6 is 0 Å². The molecule has 0 aromatic carbocycles. The Morgan fingerprint density at radius 2 is 1.77 bits per heavy atom. The van der Waals surface area contributed by atoms with E-state index in [1.165, 1.54) is 4.90 Å². The van der Waals surface area contributed by atoms with E-state index in [0.29, 0.717) is 26.2 Å². The van der Waals surface area contributed by atoms with Crippen molar-refractivity contribution in [1.82, 2.24) is 19.6 Å². The highest BCUT2D eigenvalue weighted by molar-refractivity contribution is 7.91. The summed E-state index contributed by atoms with van der Waals surface area (Å²) in [5, 5.41) is 0. The molecule has 2 amide bonds. The third-order valence-corrected chi connectivity index (χ3v) is 6.73. The van der Waals surface area contributed by atoms with Gasteiger partial charge in [0, 0.05) is 46.9 Å². The van der Waals surface area contributed by atoms with E-state index in [2.05, 4.69) is 0 Å². The molecule has 0 aliphatic carbocycles. The lowest BCUT2D eigenvalue weighted by atomic mass is 10.0. The number of piperazine rings is 1. The van der Waals surface area contributed by atoms with E-state index in [0.717, 1.165) is 0 Å². The van der Waals surface area contributed by atoms with Crippen LogP contribution in [0.25, 0.3) is 0 Å². The van der Waals surface area contributed by atoms with Crippen molar-refractivity contribution in [2.45, 2.75) is 12.1 Å². The molecule has 2 aliphatic heterocycles. The molecule has 0 spiro atoms. The Morgan fingerprint density at radius 1 is 1.12 bits per heavy atom. The number of methoxy groups -OCH3 is 1. The predicted molar refractivity (Wildman–Crippen MR) is 97.6 cm³/mol.